The highest BCUT2D eigenvalue weighted by atomic mass is 16.9. The fourth-order valence-electron chi connectivity index (χ4n) is 3.40. The molecule has 0 radical (unpaired) electrons. The van der Waals surface area contributed by atoms with E-state index in [1.807, 2.05) is 20.8 Å². The smallest absolute Gasteiger partial charge is 0.285 e. The van der Waals surface area contributed by atoms with Crippen molar-refractivity contribution in [1.29, 1.82) is 0 Å². The maximum absolute atomic E-state index is 6.07. The lowest BCUT2D eigenvalue weighted by atomic mass is 9.92. The zero-order valence-electron chi connectivity index (χ0n) is 17.9. The lowest BCUT2D eigenvalue weighted by Crippen LogP contribution is -2.47. The van der Waals surface area contributed by atoms with Crippen LogP contribution in [0.2, 0.25) is 0 Å². The Bertz CT molecular complexity index is 267. The van der Waals surface area contributed by atoms with Gasteiger partial charge in [0, 0.05) is 25.7 Å². The van der Waals surface area contributed by atoms with Crippen LogP contribution in [0, 0.1) is 5.92 Å². The summed E-state index contributed by atoms with van der Waals surface area (Å²) in [7, 11) is 4.26. The number of unbranched alkanes of at least 4 members (excludes halogenated alkanes) is 5. The fourth-order valence-corrected chi connectivity index (χ4v) is 3.40. The van der Waals surface area contributed by atoms with Gasteiger partial charge in [-0.15, -0.1) is 0 Å². The van der Waals surface area contributed by atoms with Crippen LogP contribution in [-0.4, -0.2) is 51.3 Å². The Morgan fingerprint density at radius 1 is 0.680 bits per heavy atom. The first-order valence-electron chi connectivity index (χ1n) is 10.6. The lowest BCUT2D eigenvalue weighted by molar-refractivity contribution is -0.403. The second-order valence-electron chi connectivity index (χ2n) is 7.10. The van der Waals surface area contributed by atoms with Crippen LogP contribution in [0.4, 0.5) is 0 Å². The van der Waals surface area contributed by atoms with Crippen molar-refractivity contribution in [2.45, 2.75) is 91.5 Å². The van der Waals surface area contributed by atoms with Gasteiger partial charge < -0.3 is 19.1 Å². The predicted molar refractivity (Wildman–Crippen MR) is 107 cm³/mol. The molecular weight excluding hydrogens is 314 g/mol. The van der Waals surface area contributed by atoms with Gasteiger partial charge in [-0.2, -0.15) is 0 Å². The summed E-state index contributed by atoms with van der Waals surface area (Å²) in [5.41, 5.74) is 0. The number of hydrogen-bond donors (Lipinski definition) is 0. The van der Waals surface area contributed by atoms with Crippen molar-refractivity contribution < 1.29 is 14.2 Å². The number of hydrogen-bond acceptors (Lipinski definition) is 4. The number of rotatable bonds is 18. The average molecular weight is 360 g/mol. The maximum atomic E-state index is 6.07. The molecule has 0 saturated heterocycles. The minimum Gasteiger partial charge on any atom is -0.328 e. The average Bonchev–Trinajstić information content (AvgIpc) is 2.56. The van der Waals surface area contributed by atoms with Crippen molar-refractivity contribution in [2.24, 2.45) is 5.92 Å². The molecule has 0 aromatic rings. The van der Waals surface area contributed by atoms with Crippen molar-refractivity contribution in [3.63, 3.8) is 0 Å². The third kappa shape index (κ3) is 11.2. The lowest BCUT2D eigenvalue weighted by Gasteiger charge is -2.39. The quantitative estimate of drug-likeness (QED) is 0.240. The van der Waals surface area contributed by atoms with Crippen molar-refractivity contribution in [3.05, 3.63) is 0 Å². The Morgan fingerprint density at radius 3 is 1.64 bits per heavy atom. The van der Waals surface area contributed by atoms with Crippen LogP contribution in [0.5, 0.6) is 0 Å². The highest BCUT2D eigenvalue weighted by Gasteiger charge is 2.41. The normalized spacial score (nSPS) is 13.6. The second-order valence-corrected chi connectivity index (χ2v) is 7.10. The predicted octanol–water partition coefficient (Wildman–Crippen LogP) is 5.46. The molecule has 25 heavy (non-hydrogen) atoms. The summed E-state index contributed by atoms with van der Waals surface area (Å²) in [4.78, 5) is 2.24. The van der Waals surface area contributed by atoms with Gasteiger partial charge in [-0.25, -0.2) is 0 Å². The molecule has 0 aliphatic heterocycles. The van der Waals surface area contributed by atoms with Crippen molar-refractivity contribution in [3.8, 4) is 0 Å². The summed E-state index contributed by atoms with van der Waals surface area (Å²) in [5.74, 6) is -0.577. The summed E-state index contributed by atoms with van der Waals surface area (Å²) in [6, 6.07) is 0. The van der Waals surface area contributed by atoms with Crippen LogP contribution in [-0.2, 0) is 14.2 Å². The Kier molecular flexibility index (Phi) is 15.9. The Hall–Kier alpha value is -0.160. The van der Waals surface area contributed by atoms with Crippen LogP contribution in [0.25, 0.3) is 0 Å². The van der Waals surface area contributed by atoms with E-state index in [1.165, 1.54) is 38.5 Å². The molecule has 0 aromatic carbocycles. The van der Waals surface area contributed by atoms with Gasteiger partial charge >= 0.3 is 0 Å². The van der Waals surface area contributed by atoms with Gasteiger partial charge in [0.05, 0.1) is 0 Å². The zero-order chi connectivity index (χ0) is 19.0. The third-order valence-electron chi connectivity index (χ3n) is 4.60. The standard InChI is InChI=1S/C21H45NO3/c1-7-11-12-13-14-15-17-20(18-16-19-22(5)6)21(23-8-2,24-9-3)25-10-4/h20H,7-19H2,1-6H3. The molecule has 0 N–H and O–H groups in total. The van der Waals surface area contributed by atoms with Gasteiger partial charge in [-0.1, -0.05) is 45.4 Å². The highest BCUT2D eigenvalue weighted by molar-refractivity contribution is 4.73. The Morgan fingerprint density at radius 2 is 1.16 bits per heavy atom. The van der Waals surface area contributed by atoms with E-state index in [-0.39, 0.29) is 0 Å². The molecule has 1 atom stereocenters. The molecular formula is C21H45NO3. The summed E-state index contributed by atoms with van der Waals surface area (Å²) >= 11 is 0. The first kappa shape index (κ1) is 24.8. The van der Waals surface area contributed by atoms with E-state index in [2.05, 4.69) is 25.9 Å². The molecule has 0 aliphatic rings. The van der Waals surface area contributed by atoms with E-state index in [0.29, 0.717) is 25.7 Å². The van der Waals surface area contributed by atoms with Gasteiger partial charge in [-0.05, 0) is 60.7 Å². The minimum absolute atomic E-state index is 0.290. The van der Waals surface area contributed by atoms with Crippen LogP contribution in [0.15, 0.2) is 0 Å². The molecule has 0 aromatic heterocycles. The SMILES string of the molecule is CCCCCCCCC(CCCN(C)C)C(OCC)(OCC)OCC. The van der Waals surface area contributed by atoms with E-state index in [4.69, 9.17) is 14.2 Å². The van der Waals surface area contributed by atoms with Crippen LogP contribution < -0.4 is 0 Å². The molecule has 4 nitrogen and oxygen atoms in total. The van der Waals surface area contributed by atoms with Gasteiger partial charge in [-0.3, -0.25) is 0 Å². The van der Waals surface area contributed by atoms with Gasteiger partial charge in [0.1, 0.15) is 0 Å². The summed E-state index contributed by atoms with van der Waals surface area (Å²) < 4.78 is 18.2. The topological polar surface area (TPSA) is 30.9 Å². The highest BCUT2D eigenvalue weighted by Crippen LogP contribution is 2.34. The first-order valence-corrected chi connectivity index (χ1v) is 10.6. The molecule has 0 spiro atoms. The van der Waals surface area contributed by atoms with E-state index in [1.54, 1.807) is 0 Å². The molecule has 4 heteroatoms. The Labute approximate surface area is 157 Å². The van der Waals surface area contributed by atoms with Gasteiger partial charge in [0.2, 0.25) is 0 Å². The van der Waals surface area contributed by atoms with E-state index in [9.17, 15) is 0 Å². The third-order valence-corrected chi connectivity index (χ3v) is 4.60. The molecule has 0 rings (SSSR count). The first-order chi connectivity index (χ1) is 12.1. The molecule has 0 amide bonds. The zero-order valence-corrected chi connectivity index (χ0v) is 17.9. The van der Waals surface area contributed by atoms with Crippen LogP contribution in [0.1, 0.15) is 85.5 Å². The monoisotopic (exact) mass is 359 g/mol. The van der Waals surface area contributed by atoms with E-state index >= 15 is 0 Å². The molecule has 0 heterocycles. The second kappa shape index (κ2) is 16.0. The van der Waals surface area contributed by atoms with E-state index < -0.39 is 5.97 Å². The van der Waals surface area contributed by atoms with Crippen LogP contribution in [0.3, 0.4) is 0 Å². The van der Waals surface area contributed by atoms with Crippen molar-refractivity contribution in [1.82, 2.24) is 4.90 Å². The van der Waals surface area contributed by atoms with Crippen molar-refractivity contribution in [2.75, 3.05) is 40.5 Å². The largest absolute Gasteiger partial charge is 0.328 e. The molecule has 152 valence electrons. The fraction of sp³-hybridized carbons (Fsp3) is 1.00. The van der Waals surface area contributed by atoms with Crippen molar-refractivity contribution >= 4 is 0 Å². The molecule has 0 bridgehead atoms. The molecule has 0 aliphatic carbocycles. The van der Waals surface area contributed by atoms with Gasteiger partial charge in [0.25, 0.3) is 5.97 Å². The minimum atomic E-state index is -0.867. The summed E-state index contributed by atoms with van der Waals surface area (Å²) in [5, 5.41) is 0. The van der Waals surface area contributed by atoms with Crippen LogP contribution >= 0.6 is 0 Å². The van der Waals surface area contributed by atoms with E-state index in [0.717, 1.165) is 25.8 Å². The summed E-state index contributed by atoms with van der Waals surface area (Å²) in [6.45, 7) is 11.3. The molecule has 0 fully saturated rings. The maximum Gasteiger partial charge on any atom is 0.285 e. The summed E-state index contributed by atoms with van der Waals surface area (Å²) in [6.07, 6.45) is 11.2. The number of nitrogens with zero attached hydrogens (tertiary/aromatic N) is 1. The van der Waals surface area contributed by atoms with Gasteiger partial charge in [0.15, 0.2) is 0 Å². The molecule has 0 saturated carbocycles. The molecule has 1 unspecified atom stereocenters. The Balaban J connectivity index is 4.81. The number of ether oxygens (including phenoxy) is 3.